The van der Waals surface area contributed by atoms with Gasteiger partial charge in [-0.1, -0.05) is 29.8 Å². The van der Waals surface area contributed by atoms with Crippen LogP contribution in [0.2, 0.25) is 5.02 Å². The molecule has 0 saturated heterocycles. The Kier molecular flexibility index (Phi) is 5.75. The minimum absolute atomic E-state index is 0.164. The number of benzene rings is 3. The zero-order chi connectivity index (χ0) is 21.8. The fourth-order valence-corrected chi connectivity index (χ4v) is 3.90. The molecule has 0 heterocycles. The number of amides is 2. The Morgan fingerprint density at radius 3 is 2.19 bits per heavy atom. The Hall–Kier alpha value is -3.62. The van der Waals surface area contributed by atoms with Gasteiger partial charge in [0.05, 0.1) is 17.2 Å². The highest BCUT2D eigenvalue weighted by molar-refractivity contribution is 6.31. The summed E-state index contributed by atoms with van der Waals surface area (Å²) >= 11 is 5.96. The lowest BCUT2D eigenvalue weighted by atomic mass is 9.71. The van der Waals surface area contributed by atoms with E-state index in [9.17, 15) is 9.59 Å². The molecule has 31 heavy (non-hydrogen) atoms. The largest absolute Gasteiger partial charge is 0.343 e. The average molecular weight is 430 g/mol. The molecule has 0 unspecified atom stereocenters. The van der Waals surface area contributed by atoms with Gasteiger partial charge < -0.3 is 10.6 Å². The van der Waals surface area contributed by atoms with Crippen LogP contribution in [0.5, 0.6) is 0 Å². The van der Waals surface area contributed by atoms with Gasteiger partial charge in [0, 0.05) is 21.8 Å². The first-order valence-electron chi connectivity index (χ1n) is 9.99. The van der Waals surface area contributed by atoms with Crippen molar-refractivity contribution in [1.29, 1.82) is 5.26 Å². The molecular formula is C25H20ClN3O2. The van der Waals surface area contributed by atoms with Crippen LogP contribution in [0.3, 0.4) is 0 Å². The van der Waals surface area contributed by atoms with Gasteiger partial charge in [-0.2, -0.15) is 5.26 Å². The summed E-state index contributed by atoms with van der Waals surface area (Å²) in [7, 11) is 0. The van der Waals surface area contributed by atoms with Gasteiger partial charge in [-0.15, -0.1) is 0 Å². The SMILES string of the molecule is N#Cc1ccc(C(=O)NC2(c3ccc(NC(=O)c4cccc(Cl)c4)cc3)CCC2)cc1. The van der Waals surface area contributed by atoms with Crippen molar-refractivity contribution in [2.45, 2.75) is 24.8 Å². The Labute approximate surface area is 185 Å². The van der Waals surface area contributed by atoms with Crippen molar-refractivity contribution in [1.82, 2.24) is 5.32 Å². The van der Waals surface area contributed by atoms with Crippen LogP contribution in [0.15, 0.2) is 72.8 Å². The third-order valence-corrected chi connectivity index (χ3v) is 5.85. The van der Waals surface area contributed by atoms with Crippen molar-refractivity contribution in [2.75, 3.05) is 5.32 Å². The van der Waals surface area contributed by atoms with Gasteiger partial charge in [0.2, 0.25) is 0 Å². The summed E-state index contributed by atoms with van der Waals surface area (Å²) in [5, 5.41) is 15.5. The van der Waals surface area contributed by atoms with Crippen molar-refractivity contribution in [2.24, 2.45) is 0 Å². The second-order valence-electron chi connectivity index (χ2n) is 7.62. The number of halogens is 1. The molecule has 3 aromatic rings. The van der Waals surface area contributed by atoms with Gasteiger partial charge in [0.25, 0.3) is 11.8 Å². The first kappa shape index (κ1) is 20.6. The van der Waals surface area contributed by atoms with Gasteiger partial charge in [-0.25, -0.2) is 0 Å². The third-order valence-electron chi connectivity index (χ3n) is 5.62. The van der Waals surface area contributed by atoms with E-state index in [1.165, 1.54) is 0 Å². The van der Waals surface area contributed by atoms with E-state index in [1.807, 2.05) is 24.3 Å². The van der Waals surface area contributed by atoms with Crippen LogP contribution in [0.1, 0.15) is 51.1 Å². The first-order chi connectivity index (χ1) is 15.0. The van der Waals surface area contributed by atoms with E-state index in [1.54, 1.807) is 48.5 Å². The third kappa shape index (κ3) is 4.45. The smallest absolute Gasteiger partial charge is 0.255 e. The van der Waals surface area contributed by atoms with Crippen LogP contribution < -0.4 is 10.6 Å². The fourth-order valence-electron chi connectivity index (χ4n) is 3.71. The predicted molar refractivity (Wildman–Crippen MR) is 120 cm³/mol. The minimum atomic E-state index is -0.416. The van der Waals surface area contributed by atoms with Crippen LogP contribution in [0.4, 0.5) is 5.69 Å². The van der Waals surface area contributed by atoms with Crippen LogP contribution in [-0.4, -0.2) is 11.8 Å². The molecule has 0 bridgehead atoms. The summed E-state index contributed by atoms with van der Waals surface area (Å²) in [5.41, 5.74) is 2.78. The van der Waals surface area contributed by atoms with Crippen LogP contribution in [-0.2, 0) is 5.54 Å². The Bertz CT molecular complexity index is 1160. The number of hydrogen-bond acceptors (Lipinski definition) is 3. The summed E-state index contributed by atoms with van der Waals surface area (Å²) in [6.45, 7) is 0. The molecule has 1 aliphatic carbocycles. The molecule has 2 amide bonds. The number of hydrogen-bond donors (Lipinski definition) is 2. The zero-order valence-electron chi connectivity index (χ0n) is 16.7. The molecule has 0 radical (unpaired) electrons. The standard InChI is InChI=1S/C25H20ClN3O2/c26-21-4-1-3-19(15-21)23(30)28-22-11-9-20(10-12-22)25(13-2-14-25)29-24(31)18-7-5-17(16-27)6-8-18/h1,3-12,15H,2,13-14H2,(H,28,30)(H,29,31). The molecule has 1 fully saturated rings. The van der Waals surface area contributed by atoms with Crippen LogP contribution in [0.25, 0.3) is 0 Å². The molecule has 1 saturated carbocycles. The predicted octanol–water partition coefficient (Wildman–Crippen LogP) is 5.27. The van der Waals surface area contributed by atoms with Gasteiger partial charge in [-0.3, -0.25) is 9.59 Å². The van der Waals surface area contributed by atoms with Crippen molar-refractivity contribution in [3.05, 3.63) is 100 Å². The maximum Gasteiger partial charge on any atom is 0.255 e. The van der Waals surface area contributed by atoms with Crippen molar-refractivity contribution < 1.29 is 9.59 Å². The van der Waals surface area contributed by atoms with Crippen molar-refractivity contribution >= 4 is 29.1 Å². The number of nitrogens with one attached hydrogen (secondary N) is 2. The number of nitriles is 1. The summed E-state index contributed by atoms with van der Waals surface area (Å²) in [5.74, 6) is -0.398. The lowest BCUT2D eigenvalue weighted by Crippen LogP contribution is -2.50. The molecular weight excluding hydrogens is 410 g/mol. The highest BCUT2D eigenvalue weighted by atomic mass is 35.5. The van der Waals surface area contributed by atoms with Gasteiger partial charge in [0.1, 0.15) is 0 Å². The molecule has 0 spiro atoms. The average Bonchev–Trinajstić information content (AvgIpc) is 2.77. The van der Waals surface area contributed by atoms with Crippen molar-refractivity contribution in [3.63, 3.8) is 0 Å². The molecule has 0 aliphatic heterocycles. The Morgan fingerprint density at radius 2 is 1.61 bits per heavy atom. The van der Waals surface area contributed by atoms with E-state index < -0.39 is 5.54 Å². The number of rotatable bonds is 5. The maximum atomic E-state index is 12.8. The molecule has 0 aromatic heterocycles. The summed E-state index contributed by atoms with van der Waals surface area (Å²) in [4.78, 5) is 25.2. The molecule has 2 N–H and O–H groups in total. The summed E-state index contributed by atoms with van der Waals surface area (Å²) < 4.78 is 0. The fraction of sp³-hybridized carbons (Fsp3) is 0.160. The topological polar surface area (TPSA) is 82.0 Å². The number of nitrogens with zero attached hydrogens (tertiary/aromatic N) is 1. The molecule has 0 atom stereocenters. The monoisotopic (exact) mass is 429 g/mol. The maximum absolute atomic E-state index is 12.8. The van der Waals surface area contributed by atoms with E-state index >= 15 is 0 Å². The molecule has 154 valence electrons. The zero-order valence-corrected chi connectivity index (χ0v) is 17.4. The Balaban J connectivity index is 1.47. The van der Waals surface area contributed by atoms with Gasteiger partial charge in [-0.05, 0) is 79.4 Å². The van der Waals surface area contributed by atoms with E-state index in [0.717, 1.165) is 24.8 Å². The van der Waals surface area contributed by atoms with E-state index in [2.05, 4.69) is 16.7 Å². The lowest BCUT2D eigenvalue weighted by Gasteiger charge is -2.43. The molecule has 6 heteroatoms. The van der Waals surface area contributed by atoms with Gasteiger partial charge in [0.15, 0.2) is 0 Å². The second-order valence-corrected chi connectivity index (χ2v) is 8.06. The van der Waals surface area contributed by atoms with E-state index in [4.69, 9.17) is 16.9 Å². The molecule has 5 nitrogen and oxygen atoms in total. The highest BCUT2D eigenvalue weighted by Crippen LogP contribution is 2.41. The Morgan fingerprint density at radius 1 is 0.903 bits per heavy atom. The minimum Gasteiger partial charge on any atom is -0.343 e. The number of carbonyl (C=O) groups is 2. The quantitative estimate of drug-likeness (QED) is 0.579. The first-order valence-corrected chi connectivity index (χ1v) is 10.4. The number of carbonyl (C=O) groups excluding carboxylic acids is 2. The van der Waals surface area contributed by atoms with Crippen LogP contribution in [0, 0.1) is 11.3 Å². The summed E-state index contributed by atoms with van der Waals surface area (Å²) in [6, 6.07) is 23.0. The lowest BCUT2D eigenvalue weighted by molar-refractivity contribution is 0.0823. The normalized spacial score (nSPS) is 14.1. The van der Waals surface area contributed by atoms with E-state index in [-0.39, 0.29) is 11.8 Å². The van der Waals surface area contributed by atoms with Gasteiger partial charge >= 0.3 is 0 Å². The highest BCUT2D eigenvalue weighted by Gasteiger charge is 2.40. The van der Waals surface area contributed by atoms with Crippen molar-refractivity contribution in [3.8, 4) is 6.07 Å². The molecule has 4 rings (SSSR count). The van der Waals surface area contributed by atoms with E-state index in [0.29, 0.717) is 27.4 Å². The molecule has 1 aliphatic rings. The number of anilines is 1. The summed E-state index contributed by atoms with van der Waals surface area (Å²) in [6.07, 6.45) is 2.73. The molecule has 3 aromatic carbocycles. The second kappa shape index (κ2) is 8.63. The van der Waals surface area contributed by atoms with Crippen LogP contribution >= 0.6 is 11.6 Å².